The summed E-state index contributed by atoms with van der Waals surface area (Å²) in [7, 11) is 0. The van der Waals surface area contributed by atoms with Gasteiger partial charge in [-0.05, 0) is 43.9 Å². The van der Waals surface area contributed by atoms with Gasteiger partial charge in [0.25, 0.3) is 0 Å². The molecular weight excluding hydrogens is 440 g/mol. The number of thioether (sulfide) groups is 2. The van der Waals surface area contributed by atoms with Crippen LogP contribution < -0.4 is 5.32 Å². The molecule has 1 amide bonds. The fraction of sp³-hybridized carbons (Fsp3) is 0.208. The largest absolute Gasteiger partial charge is 0.469 e. The number of rotatable bonds is 8. The van der Waals surface area contributed by atoms with Crippen molar-refractivity contribution in [2.75, 3.05) is 11.6 Å². The topological polar surface area (TPSA) is 73.0 Å². The lowest BCUT2D eigenvalue weighted by atomic mass is 10.2. The van der Waals surface area contributed by atoms with Gasteiger partial charge in [-0.1, -0.05) is 54.2 Å². The number of amides is 1. The third kappa shape index (κ3) is 4.92. The third-order valence-corrected chi connectivity index (χ3v) is 6.89. The van der Waals surface area contributed by atoms with Crippen molar-refractivity contribution in [1.29, 1.82) is 0 Å². The van der Waals surface area contributed by atoms with Crippen molar-refractivity contribution in [1.82, 2.24) is 14.8 Å². The molecule has 0 aliphatic carbocycles. The molecule has 0 saturated carbocycles. The Hall–Kier alpha value is -2.97. The van der Waals surface area contributed by atoms with Crippen LogP contribution in [0.5, 0.6) is 0 Å². The summed E-state index contributed by atoms with van der Waals surface area (Å²) in [4.78, 5) is 14.0. The molecule has 164 valence electrons. The lowest BCUT2D eigenvalue weighted by molar-refractivity contribution is -0.115. The number of aromatic nitrogens is 3. The van der Waals surface area contributed by atoms with Crippen LogP contribution >= 0.6 is 23.5 Å². The standard InChI is InChI=1S/C24H24N4O2S2/c1-16-19(13-14-30-16)22-26-27-24(28(22)15-18-9-5-4-6-10-18)32-17(2)23(29)25-20-11-7-8-12-21(20)31-3/h4-14,17H,15H2,1-3H3,(H,25,29)/t17-/m1/s1. The van der Waals surface area contributed by atoms with E-state index in [0.29, 0.717) is 11.7 Å². The van der Waals surface area contributed by atoms with E-state index < -0.39 is 0 Å². The summed E-state index contributed by atoms with van der Waals surface area (Å²) in [6.45, 7) is 4.38. The first-order valence-electron chi connectivity index (χ1n) is 10.2. The van der Waals surface area contributed by atoms with Crippen LogP contribution in [0.15, 0.2) is 81.4 Å². The fourth-order valence-electron chi connectivity index (χ4n) is 3.29. The summed E-state index contributed by atoms with van der Waals surface area (Å²) in [6, 6.07) is 19.8. The second kappa shape index (κ2) is 10.1. The minimum Gasteiger partial charge on any atom is -0.469 e. The van der Waals surface area contributed by atoms with Gasteiger partial charge in [0.05, 0.1) is 29.3 Å². The van der Waals surface area contributed by atoms with E-state index in [0.717, 1.165) is 33.3 Å². The number of para-hydroxylation sites is 1. The first-order chi connectivity index (χ1) is 15.6. The molecule has 0 bridgehead atoms. The summed E-state index contributed by atoms with van der Waals surface area (Å²) >= 11 is 3.00. The van der Waals surface area contributed by atoms with Crippen molar-refractivity contribution >= 4 is 35.1 Å². The Bertz CT molecular complexity index is 1200. The number of nitrogens with one attached hydrogen (secondary N) is 1. The van der Waals surface area contributed by atoms with Crippen molar-refractivity contribution < 1.29 is 9.21 Å². The van der Waals surface area contributed by atoms with E-state index in [1.165, 1.54) is 11.8 Å². The van der Waals surface area contributed by atoms with Crippen LogP contribution in [0.3, 0.4) is 0 Å². The Kier molecular flexibility index (Phi) is 7.02. The molecule has 0 radical (unpaired) electrons. The van der Waals surface area contributed by atoms with Crippen LogP contribution in [-0.4, -0.2) is 32.2 Å². The number of anilines is 1. The van der Waals surface area contributed by atoms with E-state index in [9.17, 15) is 4.79 Å². The molecule has 0 fully saturated rings. The number of hydrogen-bond donors (Lipinski definition) is 1. The highest BCUT2D eigenvalue weighted by molar-refractivity contribution is 8.00. The Balaban J connectivity index is 1.59. The molecule has 4 aromatic rings. The van der Waals surface area contributed by atoms with Gasteiger partial charge in [0.15, 0.2) is 11.0 Å². The Morgan fingerprint density at radius 1 is 1.09 bits per heavy atom. The van der Waals surface area contributed by atoms with Gasteiger partial charge in [-0.3, -0.25) is 9.36 Å². The van der Waals surface area contributed by atoms with Gasteiger partial charge in [0.2, 0.25) is 5.91 Å². The highest BCUT2D eigenvalue weighted by Crippen LogP contribution is 2.31. The molecule has 0 saturated heterocycles. The zero-order valence-electron chi connectivity index (χ0n) is 18.1. The Labute approximate surface area is 195 Å². The zero-order chi connectivity index (χ0) is 22.5. The average Bonchev–Trinajstić information content (AvgIpc) is 3.40. The third-order valence-electron chi connectivity index (χ3n) is 5.02. The van der Waals surface area contributed by atoms with Gasteiger partial charge in [-0.25, -0.2) is 0 Å². The van der Waals surface area contributed by atoms with E-state index in [2.05, 4.69) is 27.6 Å². The molecule has 0 spiro atoms. The molecule has 2 aromatic heterocycles. The number of carbonyl (C=O) groups is 1. The highest BCUT2D eigenvalue weighted by atomic mass is 32.2. The molecule has 1 N–H and O–H groups in total. The summed E-state index contributed by atoms with van der Waals surface area (Å²) in [5.41, 5.74) is 2.84. The number of nitrogens with zero attached hydrogens (tertiary/aromatic N) is 3. The lowest BCUT2D eigenvalue weighted by Gasteiger charge is -2.15. The first kappa shape index (κ1) is 22.2. The molecule has 32 heavy (non-hydrogen) atoms. The molecule has 0 aliphatic rings. The minimum atomic E-state index is -0.359. The summed E-state index contributed by atoms with van der Waals surface area (Å²) in [6.07, 6.45) is 3.65. The van der Waals surface area contributed by atoms with Crippen molar-refractivity contribution in [3.8, 4) is 11.4 Å². The molecule has 0 unspecified atom stereocenters. The van der Waals surface area contributed by atoms with E-state index in [4.69, 9.17) is 4.42 Å². The smallest absolute Gasteiger partial charge is 0.237 e. The predicted molar refractivity (Wildman–Crippen MR) is 130 cm³/mol. The average molecular weight is 465 g/mol. The van der Waals surface area contributed by atoms with Crippen LogP contribution in [0.25, 0.3) is 11.4 Å². The van der Waals surface area contributed by atoms with Crippen LogP contribution in [0, 0.1) is 6.92 Å². The molecule has 6 nitrogen and oxygen atoms in total. The van der Waals surface area contributed by atoms with Gasteiger partial charge in [0.1, 0.15) is 5.76 Å². The summed E-state index contributed by atoms with van der Waals surface area (Å²) in [5.74, 6) is 1.43. The maximum atomic E-state index is 12.9. The van der Waals surface area contributed by atoms with Gasteiger partial charge in [0, 0.05) is 4.90 Å². The summed E-state index contributed by atoms with van der Waals surface area (Å²) in [5, 5.41) is 12.2. The van der Waals surface area contributed by atoms with Gasteiger partial charge >= 0.3 is 0 Å². The molecule has 2 aromatic carbocycles. The number of furan rings is 1. The summed E-state index contributed by atoms with van der Waals surface area (Å²) < 4.78 is 7.53. The zero-order valence-corrected chi connectivity index (χ0v) is 19.7. The van der Waals surface area contributed by atoms with Gasteiger partial charge in [-0.15, -0.1) is 22.0 Å². The maximum Gasteiger partial charge on any atom is 0.237 e. The predicted octanol–water partition coefficient (Wildman–Crippen LogP) is 5.74. The second-order valence-corrected chi connectivity index (χ2v) is 9.37. The number of aryl methyl sites for hydroxylation is 1. The van der Waals surface area contributed by atoms with Crippen LogP contribution in [-0.2, 0) is 11.3 Å². The normalized spacial score (nSPS) is 12.0. The van der Waals surface area contributed by atoms with Crippen LogP contribution in [0.2, 0.25) is 0 Å². The lowest BCUT2D eigenvalue weighted by Crippen LogP contribution is -2.23. The molecule has 2 heterocycles. The molecule has 8 heteroatoms. The maximum absolute atomic E-state index is 12.9. The molecule has 0 aliphatic heterocycles. The molecule has 1 atom stereocenters. The second-order valence-electron chi connectivity index (χ2n) is 7.22. The van der Waals surface area contributed by atoms with Gasteiger partial charge < -0.3 is 9.73 Å². The van der Waals surface area contributed by atoms with Gasteiger partial charge in [-0.2, -0.15) is 0 Å². The van der Waals surface area contributed by atoms with E-state index in [1.807, 2.05) is 73.2 Å². The van der Waals surface area contributed by atoms with Crippen molar-refractivity contribution in [3.05, 3.63) is 78.3 Å². The van der Waals surface area contributed by atoms with Crippen LogP contribution in [0.1, 0.15) is 18.2 Å². The monoisotopic (exact) mass is 464 g/mol. The fourth-order valence-corrected chi connectivity index (χ4v) is 4.70. The SMILES string of the molecule is CSc1ccccc1NC(=O)[C@@H](C)Sc1nnc(-c2ccoc2C)n1Cc1ccccc1. The highest BCUT2D eigenvalue weighted by Gasteiger charge is 2.23. The molecule has 4 rings (SSSR count). The van der Waals surface area contributed by atoms with E-state index >= 15 is 0 Å². The van der Waals surface area contributed by atoms with Crippen molar-refractivity contribution in [2.45, 2.75) is 35.7 Å². The van der Waals surface area contributed by atoms with Crippen molar-refractivity contribution in [2.24, 2.45) is 0 Å². The Morgan fingerprint density at radius 2 is 1.84 bits per heavy atom. The van der Waals surface area contributed by atoms with Crippen LogP contribution in [0.4, 0.5) is 5.69 Å². The first-order valence-corrected chi connectivity index (χ1v) is 12.3. The molecular formula is C24H24N4O2S2. The number of carbonyl (C=O) groups excluding carboxylic acids is 1. The van der Waals surface area contributed by atoms with E-state index in [-0.39, 0.29) is 11.2 Å². The van der Waals surface area contributed by atoms with E-state index in [1.54, 1.807) is 18.0 Å². The minimum absolute atomic E-state index is 0.0770. The Morgan fingerprint density at radius 3 is 2.56 bits per heavy atom. The number of hydrogen-bond acceptors (Lipinski definition) is 6. The number of benzene rings is 2. The van der Waals surface area contributed by atoms with Crippen molar-refractivity contribution in [3.63, 3.8) is 0 Å². The quantitative estimate of drug-likeness (QED) is 0.336.